The van der Waals surface area contributed by atoms with Gasteiger partial charge in [0.2, 0.25) is 11.8 Å². The molecule has 0 saturated carbocycles. The first-order valence-electron chi connectivity index (χ1n) is 9.06. The number of likely N-dealkylation sites (N-methyl/N-ethyl adjacent to an activating group) is 1. The summed E-state index contributed by atoms with van der Waals surface area (Å²) in [6.07, 6.45) is 1.66. The lowest BCUT2D eigenvalue weighted by atomic mass is 9.72. The van der Waals surface area contributed by atoms with Crippen LogP contribution in [0.15, 0.2) is 48.7 Å². The molecule has 0 radical (unpaired) electrons. The minimum atomic E-state index is -1.14. The molecule has 146 valence electrons. The third-order valence-electron chi connectivity index (χ3n) is 5.68. The number of halogens is 1. The molecular weight excluding hydrogens is 392 g/mol. The highest BCUT2D eigenvalue weighted by Crippen LogP contribution is 2.52. The van der Waals surface area contributed by atoms with Crippen LogP contribution in [0.5, 0.6) is 5.75 Å². The van der Waals surface area contributed by atoms with Gasteiger partial charge in [0.25, 0.3) is 0 Å². The molecule has 29 heavy (non-hydrogen) atoms. The number of anilines is 2. The molecule has 0 bridgehead atoms. The van der Waals surface area contributed by atoms with Gasteiger partial charge in [0.05, 0.1) is 19.0 Å². The lowest BCUT2D eigenvalue weighted by Crippen LogP contribution is -2.45. The molecule has 5 rings (SSSR count). The Morgan fingerprint density at radius 3 is 2.62 bits per heavy atom. The van der Waals surface area contributed by atoms with Crippen LogP contribution in [-0.4, -0.2) is 35.8 Å². The van der Waals surface area contributed by atoms with E-state index in [1.807, 2.05) is 30.3 Å². The fraction of sp³-hybridized carbons (Fsp3) is 0.190. The summed E-state index contributed by atoms with van der Waals surface area (Å²) in [5, 5.41) is 7.90. The maximum atomic E-state index is 13.4. The molecular formula is C21H17ClN4O3. The number of hydrogen-bond donors (Lipinski definition) is 1. The number of fused-ring (bicyclic) bond motifs is 4. The predicted octanol–water partition coefficient (Wildman–Crippen LogP) is 3.14. The summed E-state index contributed by atoms with van der Waals surface area (Å²) < 4.78 is 6.83. The first-order valence-corrected chi connectivity index (χ1v) is 9.44. The zero-order valence-electron chi connectivity index (χ0n) is 15.8. The SMILES string of the molecule is COc1ccc(-n2ncc3c2NC(=O)CC32C(=O)N(C)c3ccc(Cl)cc32)cc1. The Kier molecular flexibility index (Phi) is 3.73. The van der Waals surface area contributed by atoms with Crippen LogP contribution in [0.4, 0.5) is 11.5 Å². The van der Waals surface area contributed by atoms with Gasteiger partial charge in [-0.1, -0.05) is 11.6 Å². The molecule has 3 heterocycles. The number of aromatic nitrogens is 2. The first-order chi connectivity index (χ1) is 14.0. The van der Waals surface area contributed by atoms with Crippen LogP contribution in [0, 0.1) is 0 Å². The number of nitrogens with zero attached hydrogens (tertiary/aromatic N) is 3. The molecule has 0 fully saturated rings. The molecule has 1 N–H and O–H groups in total. The number of nitrogens with one attached hydrogen (secondary N) is 1. The molecule has 1 unspecified atom stereocenters. The summed E-state index contributed by atoms with van der Waals surface area (Å²) in [5.41, 5.74) is 1.73. The Hall–Kier alpha value is -3.32. The first kappa shape index (κ1) is 17.8. The summed E-state index contributed by atoms with van der Waals surface area (Å²) in [6.45, 7) is 0. The predicted molar refractivity (Wildman–Crippen MR) is 109 cm³/mol. The van der Waals surface area contributed by atoms with E-state index in [1.165, 1.54) is 0 Å². The van der Waals surface area contributed by atoms with E-state index in [2.05, 4.69) is 10.4 Å². The number of hydrogen-bond acceptors (Lipinski definition) is 4. The van der Waals surface area contributed by atoms with Gasteiger partial charge in [-0.05, 0) is 48.0 Å². The average Bonchev–Trinajstić information content (AvgIpc) is 3.23. The molecule has 1 spiro atoms. The second-order valence-electron chi connectivity index (χ2n) is 7.17. The monoisotopic (exact) mass is 408 g/mol. The van der Waals surface area contributed by atoms with Crippen LogP contribution in [0.25, 0.3) is 5.69 Å². The van der Waals surface area contributed by atoms with E-state index >= 15 is 0 Å². The van der Waals surface area contributed by atoms with Crippen LogP contribution < -0.4 is 15.0 Å². The van der Waals surface area contributed by atoms with E-state index < -0.39 is 5.41 Å². The van der Waals surface area contributed by atoms with Crippen molar-refractivity contribution in [2.75, 3.05) is 24.4 Å². The minimum Gasteiger partial charge on any atom is -0.497 e. The normalized spacial score (nSPS) is 19.9. The van der Waals surface area contributed by atoms with Gasteiger partial charge in [0.15, 0.2) is 0 Å². The van der Waals surface area contributed by atoms with Crippen LogP contribution in [0.3, 0.4) is 0 Å². The van der Waals surface area contributed by atoms with Gasteiger partial charge in [0, 0.05) is 29.7 Å². The Balaban J connectivity index is 1.74. The van der Waals surface area contributed by atoms with Crippen LogP contribution in [-0.2, 0) is 15.0 Å². The van der Waals surface area contributed by atoms with Crippen LogP contribution >= 0.6 is 11.6 Å². The summed E-state index contributed by atoms with van der Waals surface area (Å²) in [7, 11) is 3.31. The van der Waals surface area contributed by atoms with Gasteiger partial charge >= 0.3 is 0 Å². The summed E-state index contributed by atoms with van der Waals surface area (Å²) in [4.78, 5) is 27.8. The van der Waals surface area contributed by atoms with E-state index in [0.29, 0.717) is 22.2 Å². The highest BCUT2D eigenvalue weighted by molar-refractivity contribution is 6.31. The number of carbonyl (C=O) groups is 2. The fourth-order valence-electron chi connectivity index (χ4n) is 4.30. The van der Waals surface area contributed by atoms with E-state index in [1.54, 1.807) is 42.1 Å². The smallest absolute Gasteiger partial charge is 0.242 e. The third kappa shape index (κ3) is 2.34. The van der Waals surface area contributed by atoms with Crippen molar-refractivity contribution in [3.8, 4) is 11.4 Å². The molecule has 1 atom stereocenters. The Morgan fingerprint density at radius 2 is 1.90 bits per heavy atom. The van der Waals surface area contributed by atoms with Gasteiger partial charge in [0.1, 0.15) is 17.0 Å². The van der Waals surface area contributed by atoms with E-state index in [-0.39, 0.29) is 18.2 Å². The summed E-state index contributed by atoms with van der Waals surface area (Å²) >= 11 is 6.25. The Morgan fingerprint density at radius 1 is 1.14 bits per heavy atom. The molecule has 0 saturated heterocycles. The summed E-state index contributed by atoms with van der Waals surface area (Å²) in [6, 6.07) is 12.6. The molecule has 7 nitrogen and oxygen atoms in total. The number of benzene rings is 2. The van der Waals surface area contributed by atoms with Crippen molar-refractivity contribution in [2.45, 2.75) is 11.8 Å². The van der Waals surface area contributed by atoms with Gasteiger partial charge in [-0.15, -0.1) is 0 Å². The average molecular weight is 409 g/mol. The Bertz CT molecular complexity index is 1170. The molecule has 8 heteroatoms. The zero-order valence-corrected chi connectivity index (χ0v) is 16.5. The molecule has 2 aromatic carbocycles. The lowest BCUT2D eigenvalue weighted by Gasteiger charge is -2.32. The van der Waals surface area contributed by atoms with Gasteiger partial charge in [-0.3, -0.25) is 9.59 Å². The number of carbonyl (C=O) groups excluding carboxylic acids is 2. The number of rotatable bonds is 2. The molecule has 2 aliphatic rings. The summed E-state index contributed by atoms with van der Waals surface area (Å²) in [5.74, 6) is 0.787. The number of methoxy groups -OCH3 is 1. The fourth-order valence-corrected chi connectivity index (χ4v) is 4.47. The van der Waals surface area contributed by atoms with Crippen LogP contribution in [0.2, 0.25) is 5.02 Å². The van der Waals surface area contributed by atoms with Crippen molar-refractivity contribution >= 4 is 34.9 Å². The van der Waals surface area contributed by atoms with Crippen molar-refractivity contribution in [2.24, 2.45) is 0 Å². The van der Waals surface area contributed by atoms with Crippen molar-refractivity contribution in [3.63, 3.8) is 0 Å². The largest absolute Gasteiger partial charge is 0.497 e. The maximum Gasteiger partial charge on any atom is 0.242 e. The topological polar surface area (TPSA) is 76.5 Å². The third-order valence-corrected chi connectivity index (χ3v) is 5.91. The molecule has 3 aromatic rings. The minimum absolute atomic E-state index is 0.00478. The van der Waals surface area contributed by atoms with Gasteiger partial charge in [-0.2, -0.15) is 5.10 Å². The quantitative estimate of drug-likeness (QED) is 0.706. The highest BCUT2D eigenvalue weighted by Gasteiger charge is 2.56. The standard InChI is InChI=1S/C21H17ClN4O3/c1-25-17-8-3-12(22)9-15(17)21(20(25)28)10-18(27)24-19-16(21)11-23-26(19)13-4-6-14(29-2)7-5-13/h3-9,11H,10H2,1-2H3,(H,24,27). The van der Waals surface area contributed by atoms with E-state index in [0.717, 1.165) is 16.9 Å². The maximum absolute atomic E-state index is 13.4. The number of ether oxygens (including phenoxy) is 1. The second-order valence-corrected chi connectivity index (χ2v) is 7.61. The van der Waals surface area contributed by atoms with Gasteiger partial charge < -0.3 is 15.0 Å². The molecule has 0 aliphatic carbocycles. The van der Waals surface area contributed by atoms with Crippen molar-refractivity contribution in [1.82, 2.24) is 9.78 Å². The zero-order chi connectivity index (χ0) is 20.3. The van der Waals surface area contributed by atoms with Crippen molar-refractivity contribution in [3.05, 3.63) is 64.8 Å². The molecule has 1 aromatic heterocycles. The van der Waals surface area contributed by atoms with E-state index in [9.17, 15) is 9.59 Å². The molecule has 2 aliphatic heterocycles. The lowest BCUT2D eigenvalue weighted by molar-refractivity contribution is -0.126. The Labute approximate surface area is 171 Å². The van der Waals surface area contributed by atoms with Crippen molar-refractivity contribution < 1.29 is 14.3 Å². The van der Waals surface area contributed by atoms with Crippen molar-refractivity contribution in [1.29, 1.82) is 0 Å². The highest BCUT2D eigenvalue weighted by atomic mass is 35.5. The van der Waals surface area contributed by atoms with Gasteiger partial charge in [-0.25, -0.2) is 4.68 Å². The van der Waals surface area contributed by atoms with Crippen LogP contribution in [0.1, 0.15) is 17.5 Å². The second kappa shape index (κ2) is 6.09. The number of amides is 2. The molecule has 2 amide bonds. The van der Waals surface area contributed by atoms with E-state index in [4.69, 9.17) is 16.3 Å².